The van der Waals surface area contributed by atoms with Crippen molar-refractivity contribution >= 4 is 11.9 Å². The van der Waals surface area contributed by atoms with Crippen LogP contribution in [-0.2, 0) is 14.3 Å². The zero-order valence-corrected chi connectivity index (χ0v) is 22.6. The molecule has 0 fully saturated rings. The molecule has 0 amide bonds. The van der Waals surface area contributed by atoms with Crippen LogP contribution in [0.5, 0.6) is 28.7 Å². The lowest BCUT2D eigenvalue weighted by molar-refractivity contribution is -0.137. The van der Waals surface area contributed by atoms with Crippen LogP contribution in [0, 0.1) is 0 Å². The van der Waals surface area contributed by atoms with Crippen molar-refractivity contribution in [2.24, 2.45) is 0 Å². The summed E-state index contributed by atoms with van der Waals surface area (Å²) in [7, 11) is 0. The average molecular weight is 547 g/mol. The Labute approximate surface area is 234 Å². The normalized spacial score (nSPS) is 10.2. The molecule has 0 atom stereocenters. The third-order valence-electron chi connectivity index (χ3n) is 5.47. The molecule has 0 bridgehead atoms. The van der Waals surface area contributed by atoms with E-state index >= 15 is 0 Å². The third-order valence-corrected chi connectivity index (χ3v) is 5.47. The Balaban J connectivity index is 1.44. The fourth-order valence-corrected chi connectivity index (χ4v) is 3.52. The molecule has 0 spiro atoms. The van der Waals surface area contributed by atoms with Gasteiger partial charge in [0.2, 0.25) is 0 Å². The number of esters is 2. The molecule has 3 rings (SSSR count). The van der Waals surface area contributed by atoms with Crippen molar-refractivity contribution in [1.82, 2.24) is 0 Å². The molecular weight excluding hydrogens is 512 g/mol. The van der Waals surface area contributed by atoms with Crippen molar-refractivity contribution in [3.8, 4) is 39.9 Å². The van der Waals surface area contributed by atoms with Crippen molar-refractivity contribution in [1.29, 1.82) is 0 Å². The van der Waals surface area contributed by atoms with Gasteiger partial charge < -0.3 is 28.4 Å². The van der Waals surface area contributed by atoms with Crippen LogP contribution in [0.15, 0.2) is 92.0 Å². The number of hydrogen-bond acceptors (Lipinski definition) is 8. The summed E-state index contributed by atoms with van der Waals surface area (Å²) in [4.78, 5) is 22.4. The lowest BCUT2D eigenvalue weighted by Crippen LogP contribution is -2.10. The highest BCUT2D eigenvalue weighted by molar-refractivity contribution is 5.83. The molecule has 3 aromatic carbocycles. The Bertz CT molecular complexity index is 1250. The van der Waals surface area contributed by atoms with Gasteiger partial charge in [0.1, 0.15) is 30.5 Å². The van der Waals surface area contributed by atoms with Crippen LogP contribution >= 0.6 is 0 Å². The first-order valence-corrected chi connectivity index (χ1v) is 13.0. The van der Waals surface area contributed by atoms with Crippen LogP contribution in [-0.4, -0.2) is 45.0 Å². The summed E-state index contributed by atoms with van der Waals surface area (Å²) >= 11 is 0. The number of hydrogen-bond donors (Lipinski definition) is 0. The molecule has 40 heavy (non-hydrogen) atoms. The van der Waals surface area contributed by atoms with Crippen LogP contribution in [0.25, 0.3) is 11.1 Å². The van der Waals surface area contributed by atoms with E-state index in [1.54, 1.807) is 12.1 Å². The summed E-state index contributed by atoms with van der Waals surface area (Å²) in [6.07, 6.45) is 3.76. The maximum Gasteiger partial charge on any atom is 0.335 e. The second-order valence-corrected chi connectivity index (χ2v) is 8.34. The van der Waals surface area contributed by atoms with E-state index in [0.717, 1.165) is 41.9 Å². The first-order chi connectivity index (χ1) is 19.5. The Morgan fingerprint density at radius 1 is 0.625 bits per heavy atom. The second kappa shape index (κ2) is 16.3. The molecular formula is C32H34O8. The number of rotatable bonds is 17. The van der Waals surface area contributed by atoms with Crippen LogP contribution < -0.4 is 23.7 Å². The van der Waals surface area contributed by atoms with Crippen LogP contribution in [0.4, 0.5) is 0 Å². The third kappa shape index (κ3) is 9.87. The van der Waals surface area contributed by atoms with Gasteiger partial charge in [0.05, 0.1) is 19.8 Å². The molecule has 210 valence electrons. The van der Waals surface area contributed by atoms with Gasteiger partial charge in [-0.3, -0.25) is 0 Å². The van der Waals surface area contributed by atoms with Crippen molar-refractivity contribution in [3.05, 3.63) is 92.0 Å². The van der Waals surface area contributed by atoms with E-state index in [2.05, 4.69) is 13.2 Å². The van der Waals surface area contributed by atoms with Gasteiger partial charge in [-0.05, 0) is 79.4 Å². The molecule has 0 aromatic heterocycles. The Morgan fingerprint density at radius 3 is 1.85 bits per heavy atom. The van der Waals surface area contributed by atoms with Crippen LogP contribution in [0.3, 0.4) is 0 Å². The predicted molar refractivity (Wildman–Crippen MR) is 152 cm³/mol. The molecule has 0 N–H and O–H groups in total. The summed E-state index contributed by atoms with van der Waals surface area (Å²) in [5.74, 6) is 2.22. The Morgan fingerprint density at radius 2 is 1.20 bits per heavy atom. The number of unbranched alkanes of at least 4 members (excludes halogenated alkanes) is 1. The van der Waals surface area contributed by atoms with E-state index in [1.165, 1.54) is 0 Å². The Hall–Kier alpha value is -4.72. The second-order valence-electron chi connectivity index (χ2n) is 8.34. The highest BCUT2D eigenvalue weighted by Crippen LogP contribution is 2.33. The zero-order chi connectivity index (χ0) is 28.6. The quantitative estimate of drug-likeness (QED) is 0.0857. The molecule has 0 heterocycles. The first-order valence-electron chi connectivity index (χ1n) is 13.0. The summed E-state index contributed by atoms with van der Waals surface area (Å²) in [6, 6.07) is 20.3. The minimum atomic E-state index is -0.503. The first kappa shape index (κ1) is 29.8. The number of carbonyl (C=O) groups excluding carboxylic acids is 2. The maximum atomic E-state index is 11.4. The van der Waals surface area contributed by atoms with E-state index in [4.69, 9.17) is 28.4 Å². The molecule has 0 aliphatic heterocycles. The molecule has 0 unspecified atom stereocenters. The fraction of sp³-hybridized carbons (Fsp3) is 0.250. The van der Waals surface area contributed by atoms with Gasteiger partial charge in [0.25, 0.3) is 0 Å². The number of ether oxygens (including phenoxy) is 6. The van der Waals surface area contributed by atoms with E-state index in [9.17, 15) is 9.59 Å². The lowest BCUT2D eigenvalue weighted by Gasteiger charge is -2.14. The topological polar surface area (TPSA) is 89.5 Å². The molecule has 0 saturated heterocycles. The summed E-state index contributed by atoms with van der Waals surface area (Å²) in [6.45, 7) is 10.7. The van der Waals surface area contributed by atoms with Crippen molar-refractivity contribution in [2.45, 2.75) is 19.8 Å². The van der Waals surface area contributed by atoms with Gasteiger partial charge >= 0.3 is 11.9 Å². The monoisotopic (exact) mass is 546 g/mol. The number of benzene rings is 3. The summed E-state index contributed by atoms with van der Waals surface area (Å²) in [5.41, 5.74) is 1.88. The van der Waals surface area contributed by atoms with E-state index in [0.29, 0.717) is 56.0 Å². The van der Waals surface area contributed by atoms with Gasteiger partial charge in [0, 0.05) is 12.2 Å². The lowest BCUT2D eigenvalue weighted by atomic mass is 10.0. The van der Waals surface area contributed by atoms with E-state index in [-0.39, 0.29) is 0 Å². The highest BCUT2D eigenvalue weighted by Gasteiger charge is 2.09. The van der Waals surface area contributed by atoms with E-state index in [1.807, 2.05) is 61.5 Å². The predicted octanol–water partition coefficient (Wildman–Crippen LogP) is 6.19. The van der Waals surface area contributed by atoms with E-state index < -0.39 is 11.9 Å². The molecule has 0 saturated carbocycles. The zero-order valence-electron chi connectivity index (χ0n) is 22.6. The van der Waals surface area contributed by atoms with Gasteiger partial charge in [-0.1, -0.05) is 31.4 Å². The molecule has 3 aromatic rings. The number of carbonyl (C=O) groups is 2. The van der Waals surface area contributed by atoms with Gasteiger partial charge in [-0.2, -0.15) is 0 Å². The minimum absolute atomic E-state index is 0.331. The highest BCUT2D eigenvalue weighted by atomic mass is 16.5. The standard InChI is InChI=1S/C32H34O8/c1-4-31(33)39-20-8-7-19-36-26-14-16-27(17-15-26)37-21-22-38-29-18-11-25(23-30(29)35-6-3)24-9-12-28(13-10-24)40-32(34)5-2/h4-5,9-18,23H,1-2,6-8,19-22H2,3H3. The smallest absolute Gasteiger partial charge is 0.335 e. The fourth-order valence-electron chi connectivity index (χ4n) is 3.52. The average Bonchev–Trinajstić information content (AvgIpc) is 2.98. The van der Waals surface area contributed by atoms with Crippen molar-refractivity contribution in [3.63, 3.8) is 0 Å². The summed E-state index contributed by atoms with van der Waals surface area (Å²) in [5, 5.41) is 0. The molecule has 8 heteroatoms. The molecule has 8 nitrogen and oxygen atoms in total. The van der Waals surface area contributed by atoms with Crippen LogP contribution in [0.1, 0.15) is 19.8 Å². The minimum Gasteiger partial charge on any atom is -0.494 e. The molecule has 0 aliphatic rings. The van der Waals surface area contributed by atoms with Gasteiger partial charge in [0.15, 0.2) is 11.5 Å². The SMILES string of the molecule is C=CC(=O)OCCCCOc1ccc(OCCOc2ccc(-c3ccc(OC(=O)C=C)cc3)cc2OCC)cc1. The van der Waals surface area contributed by atoms with Crippen LogP contribution in [0.2, 0.25) is 0 Å². The maximum absolute atomic E-state index is 11.4. The van der Waals surface area contributed by atoms with Crippen molar-refractivity contribution < 1.29 is 38.0 Å². The Kier molecular flexibility index (Phi) is 12.1. The van der Waals surface area contributed by atoms with Gasteiger partial charge in [-0.25, -0.2) is 9.59 Å². The van der Waals surface area contributed by atoms with Gasteiger partial charge in [-0.15, -0.1) is 0 Å². The largest absolute Gasteiger partial charge is 0.494 e. The summed E-state index contributed by atoms with van der Waals surface area (Å²) < 4.78 is 33.3. The van der Waals surface area contributed by atoms with Crippen molar-refractivity contribution in [2.75, 3.05) is 33.0 Å². The molecule has 0 aliphatic carbocycles. The molecule has 0 radical (unpaired) electrons.